The number of carbonyl (C=O) groups excluding carboxylic acids is 1. The molecule has 0 unspecified atom stereocenters. The van der Waals surface area contributed by atoms with Gasteiger partial charge in [-0.3, -0.25) is 4.79 Å². The zero-order chi connectivity index (χ0) is 9.97. The number of ketones is 1. The summed E-state index contributed by atoms with van der Waals surface area (Å²) in [6.45, 7) is 0.788. The second-order valence-electron chi connectivity index (χ2n) is 3.17. The van der Waals surface area contributed by atoms with Crippen LogP contribution in [0.2, 0.25) is 0 Å². The summed E-state index contributed by atoms with van der Waals surface area (Å²) in [5.41, 5.74) is 0.973. The number of nitrogens with one attached hydrogen (secondary N) is 1. The van der Waals surface area contributed by atoms with Crippen molar-refractivity contribution < 1.29 is 9.18 Å². The summed E-state index contributed by atoms with van der Waals surface area (Å²) in [7, 11) is 0. The molecule has 1 aromatic rings. The van der Waals surface area contributed by atoms with E-state index in [9.17, 15) is 9.18 Å². The first-order chi connectivity index (χ1) is 6.77. The van der Waals surface area contributed by atoms with Crippen LogP contribution in [-0.4, -0.2) is 12.3 Å². The monoisotopic (exact) mass is 191 g/mol. The highest BCUT2D eigenvalue weighted by atomic mass is 19.1. The maximum absolute atomic E-state index is 12.8. The van der Waals surface area contributed by atoms with Gasteiger partial charge in [0.1, 0.15) is 5.82 Å². The maximum Gasteiger partial charge on any atom is 0.208 e. The molecule has 14 heavy (non-hydrogen) atoms. The highest BCUT2D eigenvalue weighted by Gasteiger charge is 2.14. The molecule has 0 saturated carbocycles. The van der Waals surface area contributed by atoms with Crippen LogP contribution in [0.5, 0.6) is 0 Å². The number of rotatable bonds is 2. The molecule has 0 fully saturated rings. The minimum atomic E-state index is -0.380. The molecule has 0 radical (unpaired) electrons. The Hall–Kier alpha value is -1.64. The Balaban J connectivity index is 2.27. The van der Waals surface area contributed by atoms with Crippen molar-refractivity contribution in [2.75, 3.05) is 6.54 Å². The summed E-state index contributed by atoms with van der Waals surface area (Å²) in [6, 6.07) is 5.74. The van der Waals surface area contributed by atoms with Gasteiger partial charge in [0.15, 0.2) is 0 Å². The van der Waals surface area contributed by atoms with Crippen LogP contribution in [0.1, 0.15) is 16.8 Å². The molecule has 2 rings (SSSR count). The van der Waals surface area contributed by atoms with Gasteiger partial charge < -0.3 is 5.32 Å². The van der Waals surface area contributed by atoms with E-state index in [0.29, 0.717) is 11.3 Å². The Bertz CT molecular complexity index is 398. The Morgan fingerprint density at radius 1 is 1.43 bits per heavy atom. The molecule has 3 heteroatoms. The molecule has 0 amide bonds. The van der Waals surface area contributed by atoms with E-state index in [1.165, 1.54) is 18.2 Å². The van der Waals surface area contributed by atoms with Crippen LogP contribution in [0.3, 0.4) is 0 Å². The van der Waals surface area contributed by atoms with Gasteiger partial charge in [0.25, 0.3) is 0 Å². The lowest BCUT2D eigenvalue weighted by atomic mass is 10.1. The lowest BCUT2D eigenvalue weighted by molar-refractivity contribution is 0.102. The summed E-state index contributed by atoms with van der Waals surface area (Å²) in [4.78, 5) is 11.7. The molecule has 1 aliphatic heterocycles. The molecule has 0 bridgehead atoms. The summed E-state index contributed by atoms with van der Waals surface area (Å²) >= 11 is 0. The van der Waals surface area contributed by atoms with Crippen molar-refractivity contribution in [1.82, 2.24) is 5.32 Å². The van der Waals surface area contributed by atoms with E-state index < -0.39 is 0 Å². The first-order valence-electron chi connectivity index (χ1n) is 4.51. The maximum atomic E-state index is 12.8. The fourth-order valence-electron chi connectivity index (χ4n) is 1.45. The standard InChI is InChI=1S/C11H10FNO/c12-9-4-1-3-8(7-9)11(14)10-5-2-6-13-10/h1,3-5,7,13H,2,6H2. The van der Waals surface area contributed by atoms with Gasteiger partial charge in [-0.25, -0.2) is 4.39 Å². The predicted molar refractivity (Wildman–Crippen MR) is 51.4 cm³/mol. The Morgan fingerprint density at radius 3 is 2.93 bits per heavy atom. The molecule has 72 valence electrons. The highest BCUT2D eigenvalue weighted by Crippen LogP contribution is 2.11. The van der Waals surface area contributed by atoms with E-state index in [1.807, 2.05) is 6.08 Å². The van der Waals surface area contributed by atoms with Crippen molar-refractivity contribution in [3.63, 3.8) is 0 Å². The summed E-state index contributed by atoms with van der Waals surface area (Å²) in [5, 5.41) is 2.96. The van der Waals surface area contributed by atoms with Gasteiger partial charge in [0.05, 0.1) is 5.70 Å². The second-order valence-corrected chi connectivity index (χ2v) is 3.17. The fraction of sp³-hybridized carbons (Fsp3) is 0.182. The van der Waals surface area contributed by atoms with Crippen LogP contribution < -0.4 is 5.32 Å². The molecule has 0 spiro atoms. The molecule has 0 aromatic heterocycles. The van der Waals surface area contributed by atoms with E-state index in [-0.39, 0.29) is 11.6 Å². The average molecular weight is 191 g/mol. The smallest absolute Gasteiger partial charge is 0.208 e. The number of allylic oxidation sites excluding steroid dienone is 1. The van der Waals surface area contributed by atoms with Gasteiger partial charge in [-0.1, -0.05) is 18.2 Å². The molecule has 1 aromatic carbocycles. The molecule has 2 nitrogen and oxygen atoms in total. The van der Waals surface area contributed by atoms with Gasteiger partial charge >= 0.3 is 0 Å². The summed E-state index contributed by atoms with van der Waals surface area (Å²) in [6.07, 6.45) is 2.70. The zero-order valence-corrected chi connectivity index (χ0v) is 7.59. The number of benzene rings is 1. The van der Waals surface area contributed by atoms with E-state index in [0.717, 1.165) is 13.0 Å². The van der Waals surface area contributed by atoms with E-state index in [2.05, 4.69) is 5.32 Å². The number of carbonyl (C=O) groups is 1. The minimum absolute atomic E-state index is 0.137. The van der Waals surface area contributed by atoms with E-state index >= 15 is 0 Å². The van der Waals surface area contributed by atoms with Crippen LogP contribution in [0.15, 0.2) is 36.0 Å². The van der Waals surface area contributed by atoms with E-state index in [4.69, 9.17) is 0 Å². The third kappa shape index (κ3) is 1.66. The average Bonchev–Trinajstić information content (AvgIpc) is 2.69. The number of hydrogen-bond donors (Lipinski definition) is 1. The highest BCUT2D eigenvalue weighted by molar-refractivity contribution is 6.08. The third-order valence-corrected chi connectivity index (χ3v) is 2.14. The second kappa shape index (κ2) is 3.62. The number of Topliss-reactive ketones (excluding diaryl/α,β-unsaturated/α-hetero) is 1. The van der Waals surface area contributed by atoms with Crippen molar-refractivity contribution in [3.8, 4) is 0 Å². The molecule has 0 aliphatic carbocycles. The first kappa shape index (κ1) is 8.94. The molecule has 0 saturated heterocycles. The van der Waals surface area contributed by atoms with Crippen molar-refractivity contribution >= 4 is 5.78 Å². The third-order valence-electron chi connectivity index (χ3n) is 2.14. The fourth-order valence-corrected chi connectivity index (χ4v) is 1.45. The Labute approximate surface area is 81.4 Å². The molecule has 1 N–H and O–H groups in total. The predicted octanol–water partition coefficient (Wildman–Crippen LogP) is 1.89. The Kier molecular flexibility index (Phi) is 2.31. The number of halogens is 1. The SMILES string of the molecule is O=C(C1=CCCN1)c1cccc(F)c1. The van der Waals surface area contributed by atoms with Crippen LogP contribution in [0, 0.1) is 5.82 Å². The lowest BCUT2D eigenvalue weighted by Gasteiger charge is -2.02. The van der Waals surface area contributed by atoms with Gasteiger partial charge in [-0.05, 0) is 18.6 Å². The van der Waals surface area contributed by atoms with Crippen LogP contribution in [-0.2, 0) is 0 Å². The van der Waals surface area contributed by atoms with Crippen molar-refractivity contribution in [2.24, 2.45) is 0 Å². The molecule has 0 atom stereocenters. The lowest BCUT2D eigenvalue weighted by Crippen LogP contribution is -2.16. The van der Waals surface area contributed by atoms with Crippen molar-refractivity contribution in [3.05, 3.63) is 47.4 Å². The topological polar surface area (TPSA) is 29.1 Å². The Morgan fingerprint density at radius 2 is 2.29 bits per heavy atom. The van der Waals surface area contributed by atoms with Crippen LogP contribution in [0.25, 0.3) is 0 Å². The van der Waals surface area contributed by atoms with Crippen molar-refractivity contribution in [2.45, 2.75) is 6.42 Å². The minimum Gasteiger partial charge on any atom is -0.382 e. The molecular formula is C11H10FNO. The van der Waals surface area contributed by atoms with Crippen LogP contribution >= 0.6 is 0 Å². The number of hydrogen-bond acceptors (Lipinski definition) is 2. The normalized spacial score (nSPS) is 14.8. The zero-order valence-electron chi connectivity index (χ0n) is 7.59. The summed E-state index contributed by atoms with van der Waals surface area (Å²) < 4.78 is 12.8. The van der Waals surface area contributed by atoms with Gasteiger partial charge in [0.2, 0.25) is 5.78 Å². The van der Waals surface area contributed by atoms with Gasteiger partial charge in [0, 0.05) is 12.1 Å². The van der Waals surface area contributed by atoms with E-state index in [1.54, 1.807) is 6.07 Å². The largest absolute Gasteiger partial charge is 0.382 e. The first-order valence-corrected chi connectivity index (χ1v) is 4.51. The van der Waals surface area contributed by atoms with Gasteiger partial charge in [-0.2, -0.15) is 0 Å². The molecule has 1 aliphatic rings. The molecule has 1 heterocycles. The van der Waals surface area contributed by atoms with Crippen molar-refractivity contribution in [1.29, 1.82) is 0 Å². The molecular weight excluding hydrogens is 181 g/mol. The summed E-state index contributed by atoms with van der Waals surface area (Å²) in [5.74, 6) is -0.517. The van der Waals surface area contributed by atoms with Gasteiger partial charge in [-0.15, -0.1) is 0 Å². The van der Waals surface area contributed by atoms with Crippen LogP contribution in [0.4, 0.5) is 4.39 Å². The quantitative estimate of drug-likeness (QED) is 0.723.